The number of hydrazine groups is 1. The number of nitrogen functional groups attached to an aromatic ring is 1. The molecule has 0 aromatic heterocycles. The van der Waals surface area contributed by atoms with Crippen molar-refractivity contribution in [3.05, 3.63) is 78.4 Å². The SMILES string of the molecule is COc1ccc(N=Nc2ccc(OCCCCCCCCCCOc3ccc(C(=O)NN)cc3)cc2)cc1. The van der Waals surface area contributed by atoms with Crippen LogP contribution >= 0.6 is 0 Å². The van der Waals surface area contributed by atoms with E-state index in [1.165, 1.54) is 32.1 Å². The first-order chi connectivity index (χ1) is 18.7. The molecule has 0 radical (unpaired) electrons. The van der Waals surface area contributed by atoms with Gasteiger partial charge in [0, 0.05) is 5.56 Å². The number of hydrogen-bond donors (Lipinski definition) is 2. The van der Waals surface area contributed by atoms with Crippen LogP contribution in [0.5, 0.6) is 17.2 Å². The van der Waals surface area contributed by atoms with Gasteiger partial charge in [-0.05, 0) is 85.6 Å². The third-order valence-electron chi connectivity index (χ3n) is 6.01. The molecule has 8 nitrogen and oxygen atoms in total. The second-order valence-corrected chi connectivity index (χ2v) is 8.92. The minimum Gasteiger partial charge on any atom is -0.497 e. The summed E-state index contributed by atoms with van der Waals surface area (Å²) in [4.78, 5) is 11.4. The van der Waals surface area contributed by atoms with E-state index in [2.05, 4.69) is 15.7 Å². The lowest BCUT2D eigenvalue weighted by molar-refractivity contribution is 0.0953. The topological polar surface area (TPSA) is 108 Å². The molecule has 8 heteroatoms. The van der Waals surface area contributed by atoms with Gasteiger partial charge >= 0.3 is 0 Å². The van der Waals surface area contributed by atoms with Gasteiger partial charge in [-0.15, -0.1) is 0 Å². The molecule has 0 aliphatic heterocycles. The summed E-state index contributed by atoms with van der Waals surface area (Å²) in [6.07, 6.45) is 9.36. The van der Waals surface area contributed by atoms with Crippen LogP contribution in [-0.4, -0.2) is 26.2 Å². The molecule has 0 fully saturated rings. The maximum Gasteiger partial charge on any atom is 0.265 e. The number of nitrogens with zero attached hydrogens (tertiary/aromatic N) is 2. The summed E-state index contributed by atoms with van der Waals surface area (Å²) < 4.78 is 16.7. The van der Waals surface area contributed by atoms with Gasteiger partial charge in [0.25, 0.3) is 5.91 Å². The summed E-state index contributed by atoms with van der Waals surface area (Å²) in [6, 6.07) is 22.1. The molecule has 3 aromatic rings. The molecule has 0 heterocycles. The minimum atomic E-state index is -0.305. The zero-order valence-electron chi connectivity index (χ0n) is 22.1. The Balaban J connectivity index is 1.16. The molecule has 0 spiro atoms. The van der Waals surface area contributed by atoms with E-state index in [4.69, 9.17) is 20.1 Å². The average Bonchev–Trinajstić information content (AvgIpc) is 2.97. The number of benzene rings is 3. The highest BCUT2D eigenvalue weighted by atomic mass is 16.5. The fourth-order valence-electron chi connectivity index (χ4n) is 3.80. The summed E-state index contributed by atoms with van der Waals surface area (Å²) in [6.45, 7) is 1.41. The molecule has 0 saturated carbocycles. The summed E-state index contributed by atoms with van der Waals surface area (Å²) in [5.41, 5.74) is 4.20. The normalized spacial score (nSPS) is 10.9. The van der Waals surface area contributed by atoms with Crippen LogP contribution in [0, 0.1) is 0 Å². The van der Waals surface area contributed by atoms with E-state index in [0.29, 0.717) is 12.2 Å². The third kappa shape index (κ3) is 10.6. The Labute approximate surface area is 225 Å². The first kappa shape index (κ1) is 28.7. The number of amides is 1. The lowest BCUT2D eigenvalue weighted by atomic mass is 10.1. The predicted octanol–water partition coefficient (Wildman–Crippen LogP) is 7.29. The number of rotatable bonds is 17. The van der Waals surface area contributed by atoms with Crippen molar-refractivity contribution in [3.63, 3.8) is 0 Å². The summed E-state index contributed by atoms with van der Waals surface area (Å²) in [7, 11) is 1.64. The second kappa shape index (κ2) is 16.8. The van der Waals surface area contributed by atoms with E-state index in [1.54, 1.807) is 31.4 Å². The van der Waals surface area contributed by atoms with E-state index in [0.717, 1.165) is 54.5 Å². The predicted molar refractivity (Wildman–Crippen MR) is 150 cm³/mol. The zero-order chi connectivity index (χ0) is 26.8. The van der Waals surface area contributed by atoms with Gasteiger partial charge in [0.15, 0.2) is 0 Å². The highest BCUT2D eigenvalue weighted by molar-refractivity contribution is 5.93. The van der Waals surface area contributed by atoms with Gasteiger partial charge in [-0.3, -0.25) is 10.2 Å². The van der Waals surface area contributed by atoms with Crippen LogP contribution in [0.2, 0.25) is 0 Å². The van der Waals surface area contributed by atoms with E-state index in [9.17, 15) is 4.79 Å². The summed E-state index contributed by atoms with van der Waals surface area (Å²) in [5.74, 6) is 7.25. The van der Waals surface area contributed by atoms with Gasteiger partial charge in [-0.1, -0.05) is 38.5 Å². The van der Waals surface area contributed by atoms with Crippen LogP contribution in [0.4, 0.5) is 11.4 Å². The molecular weight excluding hydrogens is 480 g/mol. The van der Waals surface area contributed by atoms with Crippen molar-refractivity contribution in [2.75, 3.05) is 20.3 Å². The highest BCUT2D eigenvalue weighted by Gasteiger charge is 2.03. The minimum absolute atomic E-state index is 0.305. The number of hydrogen-bond acceptors (Lipinski definition) is 7. The maximum absolute atomic E-state index is 11.4. The smallest absolute Gasteiger partial charge is 0.265 e. The molecule has 3 rings (SSSR count). The van der Waals surface area contributed by atoms with E-state index >= 15 is 0 Å². The lowest BCUT2D eigenvalue weighted by Crippen LogP contribution is -2.29. The van der Waals surface area contributed by atoms with Gasteiger partial charge in [0.05, 0.1) is 31.7 Å². The molecule has 0 saturated heterocycles. The first-order valence-electron chi connectivity index (χ1n) is 13.2. The van der Waals surface area contributed by atoms with Crippen molar-refractivity contribution < 1.29 is 19.0 Å². The fraction of sp³-hybridized carbons (Fsp3) is 0.367. The number of carbonyl (C=O) groups is 1. The average molecular weight is 519 g/mol. The number of ether oxygens (including phenoxy) is 3. The molecule has 0 unspecified atom stereocenters. The standard InChI is InChI=1S/C30H38N4O4/c1-36-27-18-12-25(13-19-27)33-34-26-14-20-29(21-15-26)38-23-9-7-5-3-2-4-6-8-22-37-28-16-10-24(11-17-28)30(35)32-31/h10-21H,2-9,22-23,31H2,1H3,(H,32,35). The maximum atomic E-state index is 11.4. The number of unbranched alkanes of at least 4 members (excludes halogenated alkanes) is 7. The Hall–Kier alpha value is -3.91. The van der Waals surface area contributed by atoms with Gasteiger partial charge in [-0.2, -0.15) is 10.2 Å². The van der Waals surface area contributed by atoms with Crippen molar-refractivity contribution in [3.8, 4) is 17.2 Å². The van der Waals surface area contributed by atoms with Crippen LogP contribution in [-0.2, 0) is 0 Å². The Bertz CT molecular complexity index is 1100. The molecule has 0 bridgehead atoms. The quantitative estimate of drug-likeness (QED) is 0.0641. The second-order valence-electron chi connectivity index (χ2n) is 8.92. The third-order valence-corrected chi connectivity index (χ3v) is 6.01. The van der Waals surface area contributed by atoms with Gasteiger partial charge in [0.2, 0.25) is 0 Å². The molecule has 0 aliphatic carbocycles. The number of nitrogens with one attached hydrogen (secondary N) is 1. The van der Waals surface area contributed by atoms with Crippen LogP contribution < -0.4 is 25.5 Å². The van der Waals surface area contributed by atoms with Crippen LogP contribution in [0.3, 0.4) is 0 Å². The van der Waals surface area contributed by atoms with Crippen LogP contribution in [0.15, 0.2) is 83.0 Å². The largest absolute Gasteiger partial charge is 0.497 e. The van der Waals surface area contributed by atoms with E-state index < -0.39 is 0 Å². The van der Waals surface area contributed by atoms with Crippen molar-refractivity contribution in [1.82, 2.24) is 5.43 Å². The molecular formula is C30H38N4O4. The fourth-order valence-corrected chi connectivity index (χ4v) is 3.80. The van der Waals surface area contributed by atoms with Crippen molar-refractivity contribution in [2.24, 2.45) is 16.1 Å². The molecule has 3 N–H and O–H groups in total. The lowest BCUT2D eigenvalue weighted by Gasteiger charge is -2.07. The summed E-state index contributed by atoms with van der Waals surface area (Å²) >= 11 is 0. The summed E-state index contributed by atoms with van der Waals surface area (Å²) in [5, 5.41) is 8.51. The molecule has 0 aliphatic rings. The Morgan fingerprint density at radius 1 is 0.632 bits per heavy atom. The number of azo groups is 1. The van der Waals surface area contributed by atoms with Crippen molar-refractivity contribution in [1.29, 1.82) is 0 Å². The first-order valence-corrected chi connectivity index (χ1v) is 13.2. The molecule has 1 amide bonds. The number of carbonyl (C=O) groups excluding carboxylic acids is 1. The Kier molecular flexibility index (Phi) is 12.6. The van der Waals surface area contributed by atoms with E-state index in [-0.39, 0.29) is 5.91 Å². The van der Waals surface area contributed by atoms with Crippen molar-refractivity contribution >= 4 is 17.3 Å². The van der Waals surface area contributed by atoms with Gasteiger partial charge in [0.1, 0.15) is 17.2 Å². The highest BCUT2D eigenvalue weighted by Crippen LogP contribution is 2.23. The van der Waals surface area contributed by atoms with Crippen molar-refractivity contribution in [2.45, 2.75) is 51.4 Å². The molecule has 202 valence electrons. The molecule has 38 heavy (non-hydrogen) atoms. The Morgan fingerprint density at radius 2 is 1.03 bits per heavy atom. The van der Waals surface area contributed by atoms with E-state index in [1.807, 2.05) is 48.5 Å². The van der Waals surface area contributed by atoms with Gasteiger partial charge < -0.3 is 14.2 Å². The van der Waals surface area contributed by atoms with Crippen LogP contribution in [0.1, 0.15) is 61.7 Å². The zero-order valence-corrected chi connectivity index (χ0v) is 22.1. The Morgan fingerprint density at radius 3 is 1.45 bits per heavy atom. The molecule has 0 atom stereocenters. The van der Waals surface area contributed by atoms with Gasteiger partial charge in [-0.25, -0.2) is 5.84 Å². The molecule has 3 aromatic carbocycles. The van der Waals surface area contributed by atoms with Crippen LogP contribution in [0.25, 0.3) is 0 Å². The number of nitrogens with two attached hydrogens (primary N) is 1. The monoisotopic (exact) mass is 518 g/mol. The number of methoxy groups -OCH3 is 1.